The molecule has 0 aliphatic carbocycles. The molecule has 1 heterocycles. The Morgan fingerprint density at radius 2 is 2.20 bits per heavy atom. The molecule has 104 valence electrons. The summed E-state index contributed by atoms with van der Waals surface area (Å²) in [5.41, 5.74) is 1.73. The standard InChI is InChI=1S/C13H11ClN2O3S/c1-7-2-3-9(10(14)4-7)12(19)16-13-15-8(6-20-13)5-11(17)18/h2-4,6H,5H2,1H3,(H,17,18)(H,15,16,19). The Bertz CT molecular complexity index is 669. The molecular weight excluding hydrogens is 300 g/mol. The Morgan fingerprint density at radius 3 is 2.85 bits per heavy atom. The van der Waals surface area contributed by atoms with Crippen LogP contribution in [0.3, 0.4) is 0 Å². The third kappa shape index (κ3) is 3.55. The van der Waals surface area contributed by atoms with E-state index in [2.05, 4.69) is 10.3 Å². The number of carboxylic acid groups (broad SMARTS) is 1. The van der Waals surface area contributed by atoms with Crippen molar-refractivity contribution in [2.45, 2.75) is 13.3 Å². The Morgan fingerprint density at radius 1 is 1.45 bits per heavy atom. The monoisotopic (exact) mass is 310 g/mol. The van der Waals surface area contributed by atoms with Crippen LogP contribution in [-0.2, 0) is 11.2 Å². The van der Waals surface area contributed by atoms with E-state index in [1.807, 2.05) is 6.92 Å². The van der Waals surface area contributed by atoms with Gasteiger partial charge in [-0.2, -0.15) is 0 Å². The maximum absolute atomic E-state index is 12.0. The lowest BCUT2D eigenvalue weighted by atomic mass is 10.1. The molecule has 2 N–H and O–H groups in total. The summed E-state index contributed by atoms with van der Waals surface area (Å²) in [6.07, 6.45) is -0.169. The van der Waals surface area contributed by atoms with Gasteiger partial charge in [0.25, 0.3) is 5.91 Å². The number of nitrogens with zero attached hydrogens (tertiary/aromatic N) is 1. The minimum atomic E-state index is -0.963. The fourth-order valence-corrected chi connectivity index (χ4v) is 2.60. The average Bonchev–Trinajstić information content (AvgIpc) is 2.75. The number of halogens is 1. The van der Waals surface area contributed by atoms with Gasteiger partial charge in [-0.3, -0.25) is 14.9 Å². The van der Waals surface area contributed by atoms with Gasteiger partial charge in [0.05, 0.1) is 22.7 Å². The van der Waals surface area contributed by atoms with Crippen LogP contribution in [0, 0.1) is 6.92 Å². The number of carboxylic acids is 1. The molecule has 0 aliphatic rings. The largest absolute Gasteiger partial charge is 0.481 e. The van der Waals surface area contributed by atoms with Crippen molar-refractivity contribution >= 4 is 39.9 Å². The molecule has 0 saturated heterocycles. The Labute approximate surface area is 124 Å². The average molecular weight is 311 g/mol. The van der Waals surface area contributed by atoms with Gasteiger partial charge in [-0.25, -0.2) is 4.98 Å². The van der Waals surface area contributed by atoms with Crippen LogP contribution in [0.4, 0.5) is 5.13 Å². The van der Waals surface area contributed by atoms with Gasteiger partial charge < -0.3 is 5.11 Å². The van der Waals surface area contributed by atoms with E-state index in [9.17, 15) is 9.59 Å². The summed E-state index contributed by atoms with van der Waals surface area (Å²) in [6, 6.07) is 5.13. The van der Waals surface area contributed by atoms with Gasteiger partial charge in [0.1, 0.15) is 0 Å². The Balaban J connectivity index is 2.11. The maximum Gasteiger partial charge on any atom is 0.309 e. The van der Waals surface area contributed by atoms with Gasteiger partial charge in [0.2, 0.25) is 0 Å². The molecule has 0 fully saturated rings. The van der Waals surface area contributed by atoms with E-state index in [0.717, 1.165) is 5.56 Å². The normalized spacial score (nSPS) is 10.3. The van der Waals surface area contributed by atoms with Crippen LogP contribution in [0.15, 0.2) is 23.6 Å². The summed E-state index contributed by atoms with van der Waals surface area (Å²) >= 11 is 7.18. The molecule has 7 heteroatoms. The van der Waals surface area contributed by atoms with Crippen LogP contribution < -0.4 is 5.32 Å². The van der Waals surface area contributed by atoms with Gasteiger partial charge >= 0.3 is 5.97 Å². The molecule has 2 rings (SSSR count). The molecule has 0 bridgehead atoms. The lowest BCUT2D eigenvalue weighted by Gasteiger charge is -2.04. The number of aromatic nitrogens is 1. The van der Waals surface area contributed by atoms with E-state index in [1.165, 1.54) is 11.3 Å². The maximum atomic E-state index is 12.0. The minimum Gasteiger partial charge on any atom is -0.481 e. The molecule has 2 aromatic rings. The number of aliphatic carboxylic acids is 1. The first-order chi connectivity index (χ1) is 9.45. The van der Waals surface area contributed by atoms with Crippen molar-refractivity contribution in [3.05, 3.63) is 45.4 Å². The molecule has 5 nitrogen and oxygen atoms in total. The van der Waals surface area contributed by atoms with E-state index in [4.69, 9.17) is 16.7 Å². The number of amides is 1. The second-order valence-electron chi connectivity index (χ2n) is 4.15. The highest BCUT2D eigenvalue weighted by atomic mass is 35.5. The first kappa shape index (κ1) is 14.5. The molecule has 0 radical (unpaired) electrons. The zero-order valence-electron chi connectivity index (χ0n) is 10.5. The van der Waals surface area contributed by atoms with Gasteiger partial charge in [0, 0.05) is 5.38 Å². The third-order valence-electron chi connectivity index (χ3n) is 2.47. The molecule has 0 atom stereocenters. The second-order valence-corrected chi connectivity index (χ2v) is 5.42. The molecule has 1 amide bonds. The van der Waals surface area contributed by atoms with Crippen molar-refractivity contribution in [1.82, 2.24) is 4.98 Å². The number of hydrogen-bond donors (Lipinski definition) is 2. The molecule has 20 heavy (non-hydrogen) atoms. The zero-order valence-corrected chi connectivity index (χ0v) is 12.1. The number of anilines is 1. The first-order valence-electron chi connectivity index (χ1n) is 5.69. The highest BCUT2D eigenvalue weighted by Gasteiger charge is 2.13. The van der Waals surface area contributed by atoms with E-state index >= 15 is 0 Å². The summed E-state index contributed by atoms with van der Waals surface area (Å²) in [6.45, 7) is 1.88. The summed E-state index contributed by atoms with van der Waals surface area (Å²) in [5.74, 6) is -1.33. The van der Waals surface area contributed by atoms with Gasteiger partial charge in [-0.05, 0) is 24.6 Å². The molecule has 1 aromatic heterocycles. The number of hydrogen-bond acceptors (Lipinski definition) is 4. The van der Waals surface area contributed by atoms with Crippen LogP contribution >= 0.6 is 22.9 Å². The Kier molecular flexibility index (Phi) is 4.36. The summed E-state index contributed by atoms with van der Waals surface area (Å²) in [7, 11) is 0. The molecule has 0 aliphatic heterocycles. The van der Waals surface area contributed by atoms with Gasteiger partial charge in [0.15, 0.2) is 5.13 Å². The van der Waals surface area contributed by atoms with Crippen molar-refractivity contribution in [3.63, 3.8) is 0 Å². The quantitative estimate of drug-likeness (QED) is 0.910. The number of thiazole rings is 1. The fraction of sp³-hybridized carbons (Fsp3) is 0.154. The molecule has 0 unspecified atom stereocenters. The van der Waals surface area contributed by atoms with Crippen LogP contribution in [0.5, 0.6) is 0 Å². The van der Waals surface area contributed by atoms with Crippen molar-refractivity contribution in [2.24, 2.45) is 0 Å². The van der Waals surface area contributed by atoms with E-state index in [-0.39, 0.29) is 12.3 Å². The number of benzene rings is 1. The zero-order chi connectivity index (χ0) is 14.7. The van der Waals surface area contributed by atoms with Crippen LogP contribution in [0.2, 0.25) is 5.02 Å². The number of carbonyl (C=O) groups excluding carboxylic acids is 1. The number of nitrogens with one attached hydrogen (secondary N) is 1. The second kappa shape index (κ2) is 6.02. The molecule has 0 saturated carbocycles. The van der Waals surface area contributed by atoms with Gasteiger partial charge in [-0.1, -0.05) is 17.7 Å². The van der Waals surface area contributed by atoms with Crippen molar-refractivity contribution in [2.75, 3.05) is 5.32 Å². The highest BCUT2D eigenvalue weighted by molar-refractivity contribution is 7.14. The fourth-order valence-electron chi connectivity index (χ4n) is 1.57. The number of aryl methyl sites for hydroxylation is 1. The SMILES string of the molecule is Cc1ccc(C(=O)Nc2nc(CC(=O)O)cs2)c(Cl)c1. The summed E-state index contributed by atoms with van der Waals surface area (Å²) in [4.78, 5) is 26.6. The van der Waals surface area contributed by atoms with Crippen molar-refractivity contribution < 1.29 is 14.7 Å². The topological polar surface area (TPSA) is 79.3 Å². The predicted molar refractivity (Wildman–Crippen MR) is 77.6 cm³/mol. The molecular formula is C13H11ClN2O3S. The Hall–Kier alpha value is -1.92. The third-order valence-corrected chi connectivity index (χ3v) is 3.59. The van der Waals surface area contributed by atoms with E-state index in [1.54, 1.807) is 23.6 Å². The minimum absolute atomic E-state index is 0.169. The van der Waals surface area contributed by atoms with Crippen molar-refractivity contribution in [3.8, 4) is 0 Å². The summed E-state index contributed by atoms with van der Waals surface area (Å²) < 4.78 is 0. The van der Waals surface area contributed by atoms with Crippen LogP contribution in [0.1, 0.15) is 21.6 Å². The molecule has 0 spiro atoms. The summed E-state index contributed by atoms with van der Waals surface area (Å²) in [5, 5.41) is 13.6. The van der Waals surface area contributed by atoms with Crippen LogP contribution in [-0.4, -0.2) is 22.0 Å². The smallest absolute Gasteiger partial charge is 0.309 e. The van der Waals surface area contributed by atoms with Crippen molar-refractivity contribution in [1.29, 1.82) is 0 Å². The van der Waals surface area contributed by atoms with Gasteiger partial charge in [-0.15, -0.1) is 11.3 Å². The first-order valence-corrected chi connectivity index (χ1v) is 6.95. The van der Waals surface area contributed by atoms with E-state index < -0.39 is 5.97 Å². The lowest BCUT2D eigenvalue weighted by molar-refractivity contribution is -0.136. The lowest BCUT2D eigenvalue weighted by Crippen LogP contribution is -2.12. The van der Waals surface area contributed by atoms with Crippen LogP contribution in [0.25, 0.3) is 0 Å². The molecule has 1 aromatic carbocycles. The van der Waals surface area contributed by atoms with E-state index in [0.29, 0.717) is 21.4 Å². The highest BCUT2D eigenvalue weighted by Crippen LogP contribution is 2.21. The predicted octanol–water partition coefficient (Wildman–Crippen LogP) is 2.98. The number of carbonyl (C=O) groups is 2. The number of rotatable bonds is 4.